The van der Waals surface area contributed by atoms with E-state index in [1.165, 1.54) is 6.20 Å². The summed E-state index contributed by atoms with van der Waals surface area (Å²) >= 11 is 0. The average Bonchev–Trinajstić information content (AvgIpc) is 2.87. The van der Waals surface area contributed by atoms with Gasteiger partial charge >= 0.3 is 5.97 Å². The van der Waals surface area contributed by atoms with E-state index in [0.717, 1.165) is 5.56 Å². The first-order valence-corrected chi connectivity index (χ1v) is 11.3. The van der Waals surface area contributed by atoms with Crippen LogP contribution < -0.4 is 10.9 Å². The Balaban J connectivity index is 1.86. The Labute approximate surface area is 201 Å². The summed E-state index contributed by atoms with van der Waals surface area (Å²) in [6.45, 7) is 2.02. The lowest BCUT2D eigenvalue weighted by Gasteiger charge is -2.21. The van der Waals surface area contributed by atoms with Crippen molar-refractivity contribution >= 4 is 22.8 Å². The number of aliphatic carboxylic acids is 1. The van der Waals surface area contributed by atoms with Crippen LogP contribution in [0.25, 0.3) is 22.0 Å². The molecule has 1 atom stereocenters. The number of hydrogen-bond acceptors (Lipinski definition) is 5. The van der Waals surface area contributed by atoms with Crippen molar-refractivity contribution in [1.82, 2.24) is 14.9 Å². The van der Waals surface area contributed by atoms with E-state index in [1.54, 1.807) is 10.6 Å². The van der Waals surface area contributed by atoms with Crippen LogP contribution in [0.4, 0.5) is 0 Å². The number of aromatic hydroxyl groups is 1. The standard InChI is InChI=1S/C27H25N3O5/c1-17(18-9-4-2-5-10-18)30-22-16-29-24(26(34)28-14-8-13-23(31)32)25(33)21(22)15-20(27(30)35)19-11-6-3-7-12-19/h2-7,9-12,15-17,33H,8,13-14H2,1H3,(H,28,34)(H,31,32)/t17-/m1/s1. The zero-order valence-corrected chi connectivity index (χ0v) is 19.1. The van der Waals surface area contributed by atoms with Crippen molar-refractivity contribution in [1.29, 1.82) is 0 Å². The van der Waals surface area contributed by atoms with Gasteiger partial charge in [-0.3, -0.25) is 19.0 Å². The fourth-order valence-corrected chi connectivity index (χ4v) is 4.07. The molecule has 0 aliphatic rings. The first kappa shape index (κ1) is 23.7. The Morgan fingerprint density at radius 3 is 2.37 bits per heavy atom. The van der Waals surface area contributed by atoms with Gasteiger partial charge in [-0.2, -0.15) is 0 Å². The number of benzene rings is 2. The van der Waals surface area contributed by atoms with E-state index >= 15 is 0 Å². The number of hydrogen-bond donors (Lipinski definition) is 3. The van der Waals surface area contributed by atoms with Crippen molar-refractivity contribution in [3.05, 3.63) is 94.5 Å². The monoisotopic (exact) mass is 471 g/mol. The predicted octanol–water partition coefficient (Wildman–Crippen LogP) is 3.97. The lowest BCUT2D eigenvalue weighted by molar-refractivity contribution is -0.137. The van der Waals surface area contributed by atoms with E-state index in [0.29, 0.717) is 22.0 Å². The van der Waals surface area contributed by atoms with Gasteiger partial charge in [0.2, 0.25) is 0 Å². The maximum Gasteiger partial charge on any atom is 0.303 e. The quantitative estimate of drug-likeness (QED) is 0.334. The van der Waals surface area contributed by atoms with Gasteiger partial charge in [-0.05, 0) is 30.5 Å². The summed E-state index contributed by atoms with van der Waals surface area (Å²) in [5.74, 6) is -1.92. The fraction of sp³-hybridized carbons (Fsp3) is 0.185. The predicted molar refractivity (Wildman–Crippen MR) is 133 cm³/mol. The molecule has 178 valence electrons. The molecule has 0 radical (unpaired) electrons. The van der Waals surface area contributed by atoms with Crippen molar-refractivity contribution < 1.29 is 19.8 Å². The van der Waals surface area contributed by atoms with Gasteiger partial charge in [0.25, 0.3) is 11.5 Å². The highest BCUT2D eigenvalue weighted by Gasteiger charge is 2.22. The Hall–Kier alpha value is -4.46. The second-order valence-corrected chi connectivity index (χ2v) is 8.19. The van der Waals surface area contributed by atoms with Crippen LogP contribution in [0.15, 0.2) is 77.7 Å². The first-order chi connectivity index (χ1) is 16.9. The number of amides is 1. The molecule has 2 aromatic heterocycles. The van der Waals surface area contributed by atoms with Crippen LogP contribution in [0.1, 0.15) is 41.9 Å². The summed E-state index contributed by atoms with van der Waals surface area (Å²) in [5, 5.41) is 22.7. The highest BCUT2D eigenvalue weighted by molar-refractivity contribution is 6.01. The molecule has 3 N–H and O–H groups in total. The number of nitrogens with one attached hydrogen (secondary N) is 1. The highest BCUT2D eigenvalue weighted by Crippen LogP contribution is 2.32. The molecule has 0 saturated carbocycles. The molecular formula is C27H25N3O5. The van der Waals surface area contributed by atoms with Gasteiger partial charge in [0, 0.05) is 23.9 Å². The van der Waals surface area contributed by atoms with Crippen molar-refractivity contribution in [3.8, 4) is 16.9 Å². The molecule has 8 heteroatoms. The van der Waals surface area contributed by atoms with Crippen molar-refractivity contribution in [3.63, 3.8) is 0 Å². The number of fused-ring (bicyclic) bond motifs is 1. The summed E-state index contributed by atoms with van der Waals surface area (Å²) in [4.78, 5) is 41.2. The van der Waals surface area contributed by atoms with Crippen LogP contribution >= 0.6 is 0 Å². The number of carbonyl (C=O) groups excluding carboxylic acids is 1. The molecule has 0 fully saturated rings. The minimum atomic E-state index is -0.954. The van der Waals surface area contributed by atoms with Crippen molar-refractivity contribution in [2.45, 2.75) is 25.8 Å². The lowest BCUT2D eigenvalue weighted by Crippen LogP contribution is -2.28. The molecule has 4 rings (SSSR count). The molecule has 0 aliphatic carbocycles. The third-order valence-corrected chi connectivity index (χ3v) is 5.89. The van der Waals surface area contributed by atoms with Gasteiger partial charge < -0.3 is 15.5 Å². The molecule has 0 bridgehead atoms. The number of rotatable bonds is 8. The minimum Gasteiger partial charge on any atom is -0.505 e. The lowest BCUT2D eigenvalue weighted by atomic mass is 10.0. The Bertz CT molecular complexity index is 1430. The number of aromatic nitrogens is 2. The maximum absolute atomic E-state index is 13.7. The zero-order valence-electron chi connectivity index (χ0n) is 19.1. The minimum absolute atomic E-state index is 0.0818. The van der Waals surface area contributed by atoms with Crippen LogP contribution in [-0.4, -0.2) is 38.2 Å². The van der Waals surface area contributed by atoms with Gasteiger partial charge in [0.05, 0.1) is 17.8 Å². The maximum atomic E-state index is 13.7. The summed E-state index contributed by atoms with van der Waals surface area (Å²) in [7, 11) is 0. The molecule has 0 unspecified atom stereocenters. The van der Waals surface area contributed by atoms with Gasteiger partial charge in [0.15, 0.2) is 11.4 Å². The van der Waals surface area contributed by atoms with E-state index in [1.807, 2.05) is 67.6 Å². The molecule has 2 aromatic carbocycles. The van der Waals surface area contributed by atoms with Crippen LogP contribution in [0.3, 0.4) is 0 Å². The fourth-order valence-electron chi connectivity index (χ4n) is 4.07. The molecule has 0 aliphatic heterocycles. The SMILES string of the molecule is C[C@H](c1ccccc1)n1c(=O)c(-c2ccccc2)cc2c(O)c(C(=O)NCCCC(=O)O)ncc21. The zero-order chi connectivity index (χ0) is 24.9. The van der Waals surface area contributed by atoms with Crippen LogP contribution in [0.5, 0.6) is 5.75 Å². The smallest absolute Gasteiger partial charge is 0.303 e. The summed E-state index contributed by atoms with van der Waals surface area (Å²) in [5.41, 5.74) is 1.93. The normalized spacial score (nSPS) is 11.8. The molecule has 0 saturated heterocycles. The third-order valence-electron chi connectivity index (χ3n) is 5.89. The number of pyridine rings is 2. The van der Waals surface area contributed by atoms with Gasteiger partial charge in [-0.25, -0.2) is 4.98 Å². The highest BCUT2D eigenvalue weighted by atomic mass is 16.4. The molecular weight excluding hydrogens is 446 g/mol. The van der Waals surface area contributed by atoms with E-state index in [9.17, 15) is 19.5 Å². The third kappa shape index (κ3) is 4.91. The topological polar surface area (TPSA) is 122 Å². The summed E-state index contributed by atoms with van der Waals surface area (Å²) < 4.78 is 1.58. The molecule has 4 aromatic rings. The summed E-state index contributed by atoms with van der Waals surface area (Å²) in [6.07, 6.45) is 1.58. The molecule has 35 heavy (non-hydrogen) atoms. The molecule has 8 nitrogen and oxygen atoms in total. The molecule has 0 spiro atoms. The van der Waals surface area contributed by atoms with Gasteiger partial charge in [-0.15, -0.1) is 0 Å². The van der Waals surface area contributed by atoms with E-state index < -0.39 is 11.9 Å². The van der Waals surface area contributed by atoms with Crippen LogP contribution in [0, 0.1) is 0 Å². The largest absolute Gasteiger partial charge is 0.505 e. The van der Waals surface area contributed by atoms with Gasteiger partial charge in [0.1, 0.15) is 0 Å². The molecule has 2 heterocycles. The second kappa shape index (κ2) is 10.2. The second-order valence-electron chi connectivity index (χ2n) is 8.19. The number of carboxylic acids is 1. The van der Waals surface area contributed by atoms with E-state index in [2.05, 4.69) is 10.3 Å². The number of carbonyl (C=O) groups is 2. The van der Waals surface area contributed by atoms with E-state index in [-0.39, 0.29) is 42.4 Å². The number of nitrogens with zero attached hydrogens (tertiary/aromatic N) is 2. The number of carboxylic acid groups (broad SMARTS) is 1. The summed E-state index contributed by atoms with van der Waals surface area (Å²) in [6, 6.07) is 19.9. The first-order valence-electron chi connectivity index (χ1n) is 11.3. The molecule has 1 amide bonds. The average molecular weight is 472 g/mol. The Kier molecular flexibility index (Phi) is 6.91. The van der Waals surface area contributed by atoms with E-state index in [4.69, 9.17) is 5.11 Å². The Morgan fingerprint density at radius 1 is 1.06 bits per heavy atom. The van der Waals surface area contributed by atoms with Crippen LogP contribution in [-0.2, 0) is 4.79 Å². The van der Waals surface area contributed by atoms with Crippen LogP contribution in [0.2, 0.25) is 0 Å². The van der Waals surface area contributed by atoms with Crippen molar-refractivity contribution in [2.75, 3.05) is 6.54 Å². The van der Waals surface area contributed by atoms with Crippen molar-refractivity contribution in [2.24, 2.45) is 0 Å². The van der Waals surface area contributed by atoms with Gasteiger partial charge in [-0.1, -0.05) is 60.7 Å². The Morgan fingerprint density at radius 2 is 1.71 bits per heavy atom.